The van der Waals surface area contributed by atoms with Crippen molar-refractivity contribution in [2.45, 2.75) is 38.1 Å². The van der Waals surface area contributed by atoms with Crippen molar-refractivity contribution in [3.05, 3.63) is 53.6 Å². The lowest BCUT2D eigenvalue weighted by atomic mass is 10.1. The molecule has 0 bridgehead atoms. The number of aryl methyl sites for hydroxylation is 2. The Balaban J connectivity index is 1.60. The lowest BCUT2D eigenvalue weighted by molar-refractivity contribution is -0.122. The summed E-state index contributed by atoms with van der Waals surface area (Å²) in [6.45, 7) is 7.09. The minimum Gasteiger partial charge on any atom is -0.492 e. The molecule has 0 aliphatic carbocycles. The third-order valence-electron chi connectivity index (χ3n) is 6.03. The van der Waals surface area contributed by atoms with Gasteiger partial charge in [0.05, 0.1) is 36.6 Å². The third kappa shape index (κ3) is 7.22. The largest absolute Gasteiger partial charge is 0.492 e. The van der Waals surface area contributed by atoms with Gasteiger partial charge in [-0.1, -0.05) is 19.1 Å². The molecule has 2 aromatic carbocycles. The molecule has 1 amide bonds. The van der Waals surface area contributed by atoms with Crippen LogP contribution >= 0.6 is 0 Å². The number of nitrogens with one attached hydrogen (secondary N) is 1. The highest BCUT2D eigenvalue weighted by atomic mass is 32.2. The van der Waals surface area contributed by atoms with Gasteiger partial charge in [0.15, 0.2) is 0 Å². The number of rotatable bonds is 11. The fraction of sp³-hybridized carbons (Fsp3) is 0.480. The van der Waals surface area contributed by atoms with Gasteiger partial charge in [0.1, 0.15) is 18.4 Å². The molecule has 1 saturated heterocycles. The van der Waals surface area contributed by atoms with Crippen molar-refractivity contribution in [3.8, 4) is 5.75 Å². The molecular formula is C25H35N3O7S2. The van der Waals surface area contributed by atoms with E-state index in [0.29, 0.717) is 37.7 Å². The summed E-state index contributed by atoms with van der Waals surface area (Å²) < 4.78 is 64.3. The summed E-state index contributed by atoms with van der Waals surface area (Å²) in [5.74, 6) is 0.0275. The van der Waals surface area contributed by atoms with Crippen LogP contribution in [-0.4, -0.2) is 78.8 Å². The van der Waals surface area contributed by atoms with Gasteiger partial charge in [-0.15, -0.1) is 0 Å². The van der Waals surface area contributed by atoms with E-state index >= 15 is 0 Å². The van der Waals surface area contributed by atoms with Gasteiger partial charge < -0.3 is 14.8 Å². The summed E-state index contributed by atoms with van der Waals surface area (Å²) in [6, 6.07) is 10.7. The molecular weight excluding hydrogens is 518 g/mol. The Kier molecular flexibility index (Phi) is 9.57. The topological polar surface area (TPSA) is 122 Å². The zero-order valence-electron chi connectivity index (χ0n) is 21.6. The number of morpholine rings is 1. The van der Waals surface area contributed by atoms with Crippen LogP contribution in [0.3, 0.4) is 0 Å². The van der Waals surface area contributed by atoms with E-state index in [-0.39, 0.29) is 24.5 Å². The van der Waals surface area contributed by atoms with E-state index < -0.39 is 32.0 Å². The van der Waals surface area contributed by atoms with Crippen molar-refractivity contribution in [1.29, 1.82) is 0 Å². The lowest BCUT2D eigenvalue weighted by Crippen LogP contribution is -2.50. The summed E-state index contributed by atoms with van der Waals surface area (Å²) in [7, 11) is -7.32. The molecule has 1 atom stereocenters. The smallest absolute Gasteiger partial charge is 0.244 e. The van der Waals surface area contributed by atoms with Gasteiger partial charge in [-0.25, -0.2) is 16.8 Å². The maximum Gasteiger partial charge on any atom is 0.244 e. The Labute approximate surface area is 219 Å². The molecule has 0 unspecified atom stereocenters. The number of carbonyl (C=O) groups is 1. The van der Waals surface area contributed by atoms with Crippen molar-refractivity contribution in [1.82, 2.24) is 9.62 Å². The number of nitrogens with zero attached hydrogens (tertiary/aromatic N) is 2. The molecule has 37 heavy (non-hydrogen) atoms. The Morgan fingerprint density at radius 2 is 1.73 bits per heavy atom. The van der Waals surface area contributed by atoms with Gasteiger partial charge in [-0.3, -0.25) is 9.10 Å². The fourth-order valence-electron chi connectivity index (χ4n) is 4.10. The summed E-state index contributed by atoms with van der Waals surface area (Å²) >= 11 is 0. The van der Waals surface area contributed by atoms with Crippen LogP contribution in [0.15, 0.2) is 47.4 Å². The maximum absolute atomic E-state index is 13.0. The van der Waals surface area contributed by atoms with E-state index in [1.54, 1.807) is 25.1 Å². The predicted octanol–water partition coefficient (Wildman–Crippen LogP) is 2.06. The normalized spacial score (nSPS) is 15.7. The third-order valence-corrected chi connectivity index (χ3v) is 9.11. The quantitative estimate of drug-likeness (QED) is 0.423. The molecule has 0 radical (unpaired) electrons. The summed E-state index contributed by atoms with van der Waals surface area (Å²) in [4.78, 5) is 13.2. The standard InChI is InChI=1S/C25H35N3O7S2/c1-5-23(28(36(4,30)31)24-18-19(2)6-7-20(24)3)25(29)26-12-15-35-21-8-10-22(11-9-21)37(32,33)27-13-16-34-17-14-27/h6-11,18,23H,5,12-17H2,1-4H3,(H,26,29)/t23-/m0/s1. The lowest BCUT2D eigenvalue weighted by Gasteiger charge is -2.31. The Morgan fingerprint density at radius 3 is 2.32 bits per heavy atom. The second kappa shape index (κ2) is 12.2. The molecule has 2 aromatic rings. The van der Waals surface area contributed by atoms with Crippen LogP contribution in [0.5, 0.6) is 5.75 Å². The predicted molar refractivity (Wildman–Crippen MR) is 142 cm³/mol. The monoisotopic (exact) mass is 553 g/mol. The van der Waals surface area contributed by atoms with Crippen molar-refractivity contribution >= 4 is 31.6 Å². The zero-order valence-corrected chi connectivity index (χ0v) is 23.3. The molecule has 1 heterocycles. The van der Waals surface area contributed by atoms with Crippen LogP contribution in [0.4, 0.5) is 5.69 Å². The van der Waals surface area contributed by atoms with E-state index in [2.05, 4.69) is 5.32 Å². The first-order valence-corrected chi connectivity index (χ1v) is 15.4. The number of hydrogen-bond acceptors (Lipinski definition) is 7. The highest BCUT2D eigenvalue weighted by Crippen LogP contribution is 2.27. The molecule has 1 aliphatic rings. The van der Waals surface area contributed by atoms with Crippen molar-refractivity contribution in [2.75, 3.05) is 50.0 Å². The van der Waals surface area contributed by atoms with E-state index in [4.69, 9.17) is 9.47 Å². The van der Waals surface area contributed by atoms with Gasteiger partial charge in [-0.05, 0) is 61.7 Å². The molecule has 0 saturated carbocycles. The van der Waals surface area contributed by atoms with Crippen LogP contribution in [0.25, 0.3) is 0 Å². The Bertz CT molecular complexity index is 1290. The number of ether oxygens (including phenoxy) is 2. The minimum atomic E-state index is -3.73. The second-order valence-electron chi connectivity index (χ2n) is 8.90. The Hall–Kier alpha value is -2.67. The van der Waals surface area contributed by atoms with Gasteiger partial charge in [0.25, 0.3) is 0 Å². The SMILES string of the molecule is CC[C@@H](C(=O)NCCOc1ccc(S(=O)(=O)N2CCOCC2)cc1)N(c1cc(C)ccc1C)S(C)(=O)=O. The van der Waals surface area contributed by atoms with Crippen LogP contribution in [0, 0.1) is 13.8 Å². The molecule has 10 nitrogen and oxygen atoms in total. The molecule has 1 aliphatic heterocycles. The summed E-state index contributed by atoms with van der Waals surface area (Å²) in [6.07, 6.45) is 1.38. The highest BCUT2D eigenvalue weighted by molar-refractivity contribution is 7.92. The van der Waals surface area contributed by atoms with E-state index in [1.807, 2.05) is 26.0 Å². The van der Waals surface area contributed by atoms with Crippen LogP contribution in [0.2, 0.25) is 0 Å². The minimum absolute atomic E-state index is 0.125. The number of benzene rings is 2. The number of hydrogen-bond donors (Lipinski definition) is 1. The number of amides is 1. The van der Waals surface area contributed by atoms with Crippen LogP contribution < -0.4 is 14.4 Å². The molecule has 1 N–H and O–H groups in total. The average molecular weight is 554 g/mol. The van der Waals surface area contributed by atoms with Crippen molar-refractivity contribution < 1.29 is 31.1 Å². The highest BCUT2D eigenvalue weighted by Gasteiger charge is 2.32. The molecule has 12 heteroatoms. The number of carbonyl (C=O) groups excluding carboxylic acids is 1. The van der Waals surface area contributed by atoms with Gasteiger partial charge in [-0.2, -0.15) is 4.31 Å². The maximum atomic E-state index is 13.0. The summed E-state index contributed by atoms with van der Waals surface area (Å²) in [5, 5.41) is 2.75. The van der Waals surface area contributed by atoms with E-state index in [1.165, 1.54) is 20.7 Å². The molecule has 0 aromatic heterocycles. The van der Waals surface area contributed by atoms with Gasteiger partial charge in [0.2, 0.25) is 26.0 Å². The van der Waals surface area contributed by atoms with Gasteiger partial charge >= 0.3 is 0 Å². The van der Waals surface area contributed by atoms with Crippen molar-refractivity contribution in [2.24, 2.45) is 0 Å². The zero-order chi connectivity index (χ0) is 27.2. The molecule has 204 valence electrons. The fourth-order valence-corrected chi connectivity index (χ4v) is 6.77. The first-order chi connectivity index (χ1) is 17.4. The van der Waals surface area contributed by atoms with Gasteiger partial charge in [0, 0.05) is 13.1 Å². The molecule has 1 fully saturated rings. The second-order valence-corrected chi connectivity index (χ2v) is 12.7. The Morgan fingerprint density at radius 1 is 1.08 bits per heavy atom. The first-order valence-electron chi connectivity index (χ1n) is 12.1. The number of anilines is 1. The first kappa shape index (κ1) is 28.9. The molecule has 3 rings (SSSR count). The van der Waals surface area contributed by atoms with Crippen LogP contribution in [0.1, 0.15) is 24.5 Å². The van der Waals surface area contributed by atoms with Crippen molar-refractivity contribution in [3.63, 3.8) is 0 Å². The molecule has 0 spiro atoms. The van der Waals surface area contributed by atoms with E-state index in [9.17, 15) is 21.6 Å². The van der Waals surface area contributed by atoms with E-state index in [0.717, 1.165) is 17.4 Å². The number of sulfonamides is 2. The summed E-state index contributed by atoms with van der Waals surface area (Å²) in [5.41, 5.74) is 2.12. The average Bonchev–Trinajstić information content (AvgIpc) is 2.86. The van der Waals surface area contributed by atoms with Crippen LogP contribution in [-0.2, 0) is 29.6 Å².